The number of nitrogen functional groups attached to an aromatic ring is 1. The normalized spacial score (nSPS) is 16.6. The molecule has 1 aromatic rings. The SMILES string of the molecule is CC1=CCCN(c2cccnc2N)C1. The lowest BCUT2D eigenvalue weighted by atomic mass is 10.1. The van der Waals surface area contributed by atoms with Crippen molar-refractivity contribution in [3.8, 4) is 0 Å². The predicted octanol–water partition coefficient (Wildman–Crippen LogP) is 1.82. The fourth-order valence-corrected chi connectivity index (χ4v) is 1.79. The van der Waals surface area contributed by atoms with Gasteiger partial charge in [0.15, 0.2) is 0 Å². The molecule has 0 unspecified atom stereocenters. The van der Waals surface area contributed by atoms with Crippen LogP contribution >= 0.6 is 0 Å². The predicted molar refractivity (Wildman–Crippen MR) is 59.2 cm³/mol. The van der Waals surface area contributed by atoms with Gasteiger partial charge in [-0.3, -0.25) is 0 Å². The molecule has 1 aliphatic heterocycles. The molecule has 1 aliphatic rings. The second-order valence-electron chi connectivity index (χ2n) is 3.67. The minimum atomic E-state index is 0.627. The molecular formula is C11H15N3. The highest BCUT2D eigenvalue weighted by Gasteiger charge is 2.12. The first-order valence-corrected chi connectivity index (χ1v) is 4.88. The van der Waals surface area contributed by atoms with E-state index in [1.807, 2.05) is 12.1 Å². The highest BCUT2D eigenvalue weighted by atomic mass is 15.2. The van der Waals surface area contributed by atoms with E-state index < -0.39 is 0 Å². The number of hydrogen-bond donors (Lipinski definition) is 1. The van der Waals surface area contributed by atoms with Crippen molar-refractivity contribution in [2.24, 2.45) is 0 Å². The van der Waals surface area contributed by atoms with Crippen molar-refractivity contribution in [2.45, 2.75) is 13.3 Å². The maximum atomic E-state index is 5.82. The van der Waals surface area contributed by atoms with E-state index in [1.54, 1.807) is 6.20 Å². The maximum Gasteiger partial charge on any atom is 0.146 e. The fraction of sp³-hybridized carbons (Fsp3) is 0.364. The van der Waals surface area contributed by atoms with Crippen LogP contribution < -0.4 is 10.6 Å². The molecule has 3 heteroatoms. The van der Waals surface area contributed by atoms with Crippen molar-refractivity contribution >= 4 is 11.5 Å². The van der Waals surface area contributed by atoms with Gasteiger partial charge in [-0.25, -0.2) is 4.98 Å². The topological polar surface area (TPSA) is 42.2 Å². The lowest BCUT2D eigenvalue weighted by Gasteiger charge is -2.28. The molecule has 0 aliphatic carbocycles. The molecule has 0 saturated carbocycles. The maximum absolute atomic E-state index is 5.82. The van der Waals surface area contributed by atoms with Crippen molar-refractivity contribution in [1.29, 1.82) is 0 Å². The van der Waals surface area contributed by atoms with E-state index in [1.165, 1.54) is 5.57 Å². The number of nitrogens with two attached hydrogens (primary N) is 1. The van der Waals surface area contributed by atoms with Crippen LogP contribution in [0, 0.1) is 0 Å². The molecule has 0 radical (unpaired) electrons. The Bertz CT molecular complexity index is 357. The van der Waals surface area contributed by atoms with Crippen molar-refractivity contribution in [3.63, 3.8) is 0 Å². The molecule has 2 rings (SSSR count). The molecule has 0 bridgehead atoms. The van der Waals surface area contributed by atoms with Gasteiger partial charge in [0.1, 0.15) is 5.82 Å². The van der Waals surface area contributed by atoms with Crippen LogP contribution in [0.4, 0.5) is 11.5 Å². The van der Waals surface area contributed by atoms with E-state index in [0.717, 1.165) is 25.2 Å². The summed E-state index contributed by atoms with van der Waals surface area (Å²) in [7, 11) is 0. The van der Waals surface area contributed by atoms with Crippen LogP contribution in [-0.4, -0.2) is 18.1 Å². The first-order chi connectivity index (χ1) is 6.77. The zero-order valence-corrected chi connectivity index (χ0v) is 8.40. The first kappa shape index (κ1) is 9.06. The van der Waals surface area contributed by atoms with Gasteiger partial charge < -0.3 is 10.6 Å². The van der Waals surface area contributed by atoms with E-state index in [2.05, 4.69) is 22.9 Å². The molecule has 0 amide bonds. The van der Waals surface area contributed by atoms with Crippen molar-refractivity contribution in [1.82, 2.24) is 4.98 Å². The molecule has 0 spiro atoms. The van der Waals surface area contributed by atoms with E-state index in [4.69, 9.17) is 5.73 Å². The van der Waals surface area contributed by atoms with Gasteiger partial charge in [-0.15, -0.1) is 0 Å². The van der Waals surface area contributed by atoms with Gasteiger partial charge in [-0.1, -0.05) is 11.6 Å². The van der Waals surface area contributed by atoms with Crippen LogP contribution in [0.2, 0.25) is 0 Å². The summed E-state index contributed by atoms with van der Waals surface area (Å²) in [4.78, 5) is 6.37. The lowest BCUT2D eigenvalue weighted by Crippen LogP contribution is -2.29. The molecule has 0 saturated heterocycles. The summed E-state index contributed by atoms with van der Waals surface area (Å²) in [5.41, 5.74) is 8.28. The van der Waals surface area contributed by atoms with Gasteiger partial charge in [0.05, 0.1) is 5.69 Å². The molecule has 74 valence electrons. The average Bonchev–Trinajstić information content (AvgIpc) is 2.18. The summed E-state index contributed by atoms with van der Waals surface area (Å²) in [6.07, 6.45) is 5.11. The minimum Gasteiger partial charge on any atom is -0.382 e. The van der Waals surface area contributed by atoms with Gasteiger partial charge in [-0.05, 0) is 25.5 Å². The third kappa shape index (κ3) is 1.71. The Morgan fingerprint density at radius 1 is 1.50 bits per heavy atom. The van der Waals surface area contributed by atoms with Crippen LogP contribution in [-0.2, 0) is 0 Å². The van der Waals surface area contributed by atoms with Crippen molar-refractivity contribution in [2.75, 3.05) is 23.7 Å². The molecule has 0 atom stereocenters. The summed E-state index contributed by atoms with van der Waals surface area (Å²) < 4.78 is 0. The Kier molecular flexibility index (Phi) is 2.39. The highest BCUT2D eigenvalue weighted by Crippen LogP contribution is 2.23. The smallest absolute Gasteiger partial charge is 0.146 e. The summed E-state index contributed by atoms with van der Waals surface area (Å²) in [5.74, 6) is 0.627. The highest BCUT2D eigenvalue weighted by molar-refractivity contribution is 5.63. The molecular weight excluding hydrogens is 174 g/mol. The van der Waals surface area contributed by atoms with E-state index in [-0.39, 0.29) is 0 Å². The molecule has 0 aromatic carbocycles. The molecule has 2 N–H and O–H groups in total. The second-order valence-corrected chi connectivity index (χ2v) is 3.67. The Hall–Kier alpha value is -1.51. The van der Waals surface area contributed by atoms with E-state index in [9.17, 15) is 0 Å². The molecule has 2 heterocycles. The summed E-state index contributed by atoms with van der Waals surface area (Å²) in [5, 5.41) is 0. The Morgan fingerprint density at radius 3 is 3.07 bits per heavy atom. The zero-order valence-electron chi connectivity index (χ0n) is 8.40. The Labute approximate surface area is 84.2 Å². The number of aromatic nitrogens is 1. The van der Waals surface area contributed by atoms with Gasteiger partial charge in [0.25, 0.3) is 0 Å². The number of nitrogens with zero attached hydrogens (tertiary/aromatic N) is 2. The van der Waals surface area contributed by atoms with Crippen LogP contribution in [0.1, 0.15) is 13.3 Å². The van der Waals surface area contributed by atoms with E-state index >= 15 is 0 Å². The fourth-order valence-electron chi connectivity index (χ4n) is 1.79. The van der Waals surface area contributed by atoms with Crippen molar-refractivity contribution in [3.05, 3.63) is 30.0 Å². The average molecular weight is 189 g/mol. The number of pyridine rings is 1. The number of anilines is 2. The minimum absolute atomic E-state index is 0.627. The van der Waals surface area contributed by atoms with E-state index in [0.29, 0.717) is 5.82 Å². The van der Waals surface area contributed by atoms with Crippen LogP contribution in [0.3, 0.4) is 0 Å². The van der Waals surface area contributed by atoms with Crippen LogP contribution in [0.25, 0.3) is 0 Å². The third-order valence-corrected chi connectivity index (χ3v) is 2.49. The van der Waals surface area contributed by atoms with Gasteiger partial charge in [0.2, 0.25) is 0 Å². The Balaban J connectivity index is 2.24. The third-order valence-electron chi connectivity index (χ3n) is 2.49. The van der Waals surface area contributed by atoms with Gasteiger partial charge >= 0.3 is 0 Å². The van der Waals surface area contributed by atoms with Crippen LogP contribution in [0.15, 0.2) is 30.0 Å². The lowest BCUT2D eigenvalue weighted by molar-refractivity contribution is 0.790. The monoisotopic (exact) mass is 189 g/mol. The van der Waals surface area contributed by atoms with Gasteiger partial charge in [0, 0.05) is 19.3 Å². The number of hydrogen-bond acceptors (Lipinski definition) is 3. The molecule has 3 nitrogen and oxygen atoms in total. The standard InChI is InChI=1S/C11H15N3/c1-9-4-3-7-14(8-9)10-5-2-6-13-11(10)12/h2,4-6H,3,7-8H2,1H3,(H2,12,13). The largest absolute Gasteiger partial charge is 0.382 e. The number of rotatable bonds is 1. The Morgan fingerprint density at radius 2 is 2.36 bits per heavy atom. The van der Waals surface area contributed by atoms with Crippen LogP contribution in [0.5, 0.6) is 0 Å². The summed E-state index contributed by atoms with van der Waals surface area (Å²) >= 11 is 0. The molecule has 14 heavy (non-hydrogen) atoms. The zero-order chi connectivity index (χ0) is 9.97. The quantitative estimate of drug-likeness (QED) is 0.685. The summed E-state index contributed by atoms with van der Waals surface area (Å²) in [6, 6.07) is 3.96. The van der Waals surface area contributed by atoms with Gasteiger partial charge in [-0.2, -0.15) is 0 Å². The van der Waals surface area contributed by atoms with Crippen molar-refractivity contribution < 1.29 is 0 Å². The molecule has 1 aromatic heterocycles. The molecule has 0 fully saturated rings. The summed E-state index contributed by atoms with van der Waals surface area (Å²) in [6.45, 7) is 4.15. The first-order valence-electron chi connectivity index (χ1n) is 4.88. The second kappa shape index (κ2) is 3.70.